The Labute approximate surface area is 91.3 Å². The molecule has 15 heavy (non-hydrogen) atoms. The summed E-state index contributed by atoms with van der Waals surface area (Å²) < 4.78 is 0. The van der Waals surface area contributed by atoms with Crippen molar-refractivity contribution < 1.29 is 0 Å². The van der Waals surface area contributed by atoms with Gasteiger partial charge >= 0.3 is 0 Å². The van der Waals surface area contributed by atoms with Crippen molar-refractivity contribution in [3.63, 3.8) is 0 Å². The number of hydrogen-bond acceptors (Lipinski definition) is 4. The van der Waals surface area contributed by atoms with E-state index in [2.05, 4.69) is 22.4 Å². The summed E-state index contributed by atoms with van der Waals surface area (Å²) in [6, 6.07) is 3.96. The highest BCUT2D eigenvalue weighted by molar-refractivity contribution is 5.36. The first kappa shape index (κ1) is 11.9. The van der Waals surface area contributed by atoms with E-state index in [1.165, 1.54) is 0 Å². The van der Waals surface area contributed by atoms with Gasteiger partial charge in [0, 0.05) is 12.1 Å². The second kappa shape index (κ2) is 5.07. The van der Waals surface area contributed by atoms with Crippen LogP contribution >= 0.6 is 0 Å². The van der Waals surface area contributed by atoms with E-state index >= 15 is 0 Å². The van der Waals surface area contributed by atoms with Crippen molar-refractivity contribution in [2.24, 2.45) is 5.73 Å². The van der Waals surface area contributed by atoms with Crippen LogP contribution < -0.4 is 11.1 Å². The maximum Gasteiger partial charge on any atom is 0.149 e. The highest BCUT2D eigenvalue weighted by Gasteiger charge is 2.15. The minimum Gasteiger partial charge on any atom is -0.362 e. The Hall–Kier alpha value is -1.16. The summed E-state index contributed by atoms with van der Waals surface area (Å²) in [6.45, 7) is 6.76. The molecule has 0 saturated carbocycles. The molecule has 3 N–H and O–H groups in total. The predicted molar refractivity (Wildman–Crippen MR) is 62.8 cm³/mol. The molecule has 0 atom stereocenters. The molecular formula is C11H20N4. The average molecular weight is 208 g/mol. The summed E-state index contributed by atoms with van der Waals surface area (Å²) in [5.41, 5.74) is 6.52. The molecule has 0 spiro atoms. The van der Waals surface area contributed by atoms with Crippen molar-refractivity contribution in [3.05, 3.63) is 17.8 Å². The summed E-state index contributed by atoms with van der Waals surface area (Å²) in [5, 5.41) is 11.5. The zero-order valence-electron chi connectivity index (χ0n) is 9.75. The van der Waals surface area contributed by atoms with Crippen LogP contribution in [0.15, 0.2) is 12.1 Å². The Morgan fingerprint density at radius 1 is 1.33 bits per heavy atom. The van der Waals surface area contributed by atoms with Crippen LogP contribution in [0, 0.1) is 0 Å². The van der Waals surface area contributed by atoms with Gasteiger partial charge in [-0.2, -0.15) is 5.10 Å². The predicted octanol–water partition coefficient (Wildman–Crippen LogP) is 1.58. The topological polar surface area (TPSA) is 63.8 Å². The summed E-state index contributed by atoms with van der Waals surface area (Å²) >= 11 is 0. The number of nitrogens with zero attached hydrogens (tertiary/aromatic N) is 2. The monoisotopic (exact) mass is 208 g/mol. The fourth-order valence-electron chi connectivity index (χ4n) is 1.21. The van der Waals surface area contributed by atoms with Crippen molar-refractivity contribution in [1.82, 2.24) is 10.2 Å². The molecule has 0 aliphatic carbocycles. The van der Waals surface area contributed by atoms with E-state index < -0.39 is 0 Å². The summed E-state index contributed by atoms with van der Waals surface area (Å²) in [6.07, 6.45) is 2.07. The maximum absolute atomic E-state index is 5.62. The van der Waals surface area contributed by atoms with Crippen LogP contribution in [0.1, 0.15) is 32.9 Å². The Balaban J connectivity index is 2.64. The molecular weight excluding hydrogens is 188 g/mol. The third kappa shape index (κ3) is 3.83. The number of hydrogen-bond donors (Lipinski definition) is 2. The average Bonchev–Trinajstić information content (AvgIpc) is 2.21. The van der Waals surface area contributed by atoms with Crippen LogP contribution in [0.2, 0.25) is 0 Å². The first-order chi connectivity index (χ1) is 7.07. The van der Waals surface area contributed by atoms with E-state index in [-0.39, 0.29) is 5.54 Å². The second-order valence-electron chi connectivity index (χ2n) is 4.37. The van der Waals surface area contributed by atoms with E-state index in [4.69, 9.17) is 5.73 Å². The van der Waals surface area contributed by atoms with E-state index in [9.17, 15) is 0 Å². The van der Waals surface area contributed by atoms with Crippen LogP contribution in [-0.4, -0.2) is 22.3 Å². The standard InChI is InChI=1S/C11H20N4/c1-4-5-9-6-7-10(15-14-9)13-11(2,3)8-12/h6-7H,4-5,8,12H2,1-3H3,(H,13,15). The normalized spacial score (nSPS) is 11.5. The fourth-order valence-corrected chi connectivity index (χ4v) is 1.21. The molecule has 0 aromatic carbocycles. The van der Waals surface area contributed by atoms with E-state index in [0.717, 1.165) is 24.4 Å². The lowest BCUT2D eigenvalue weighted by Crippen LogP contribution is -2.39. The SMILES string of the molecule is CCCc1ccc(NC(C)(C)CN)nn1. The first-order valence-electron chi connectivity index (χ1n) is 5.38. The van der Waals surface area contributed by atoms with Gasteiger partial charge in [-0.05, 0) is 32.4 Å². The lowest BCUT2D eigenvalue weighted by Gasteiger charge is -2.24. The molecule has 4 nitrogen and oxygen atoms in total. The van der Waals surface area contributed by atoms with Crippen molar-refractivity contribution in [1.29, 1.82) is 0 Å². The molecule has 84 valence electrons. The smallest absolute Gasteiger partial charge is 0.149 e. The van der Waals surface area contributed by atoms with Crippen LogP contribution in [0.4, 0.5) is 5.82 Å². The van der Waals surface area contributed by atoms with E-state index in [0.29, 0.717) is 6.54 Å². The third-order valence-corrected chi connectivity index (χ3v) is 2.20. The molecule has 0 fully saturated rings. The second-order valence-corrected chi connectivity index (χ2v) is 4.37. The van der Waals surface area contributed by atoms with Gasteiger partial charge in [-0.15, -0.1) is 5.10 Å². The molecule has 1 heterocycles. The summed E-state index contributed by atoms with van der Waals surface area (Å²) in [7, 11) is 0. The van der Waals surface area contributed by atoms with Gasteiger partial charge in [0.05, 0.1) is 5.69 Å². The molecule has 0 aliphatic rings. The highest BCUT2D eigenvalue weighted by atomic mass is 15.2. The minimum atomic E-state index is -0.138. The molecule has 1 aromatic heterocycles. The lowest BCUT2D eigenvalue weighted by molar-refractivity contribution is 0.575. The van der Waals surface area contributed by atoms with Gasteiger partial charge in [0.15, 0.2) is 0 Å². The minimum absolute atomic E-state index is 0.138. The lowest BCUT2D eigenvalue weighted by atomic mass is 10.1. The first-order valence-corrected chi connectivity index (χ1v) is 5.38. The van der Waals surface area contributed by atoms with Gasteiger partial charge in [-0.25, -0.2) is 0 Å². The molecule has 0 aliphatic heterocycles. The van der Waals surface area contributed by atoms with Crippen molar-refractivity contribution in [3.8, 4) is 0 Å². The van der Waals surface area contributed by atoms with Gasteiger partial charge in [0.25, 0.3) is 0 Å². The van der Waals surface area contributed by atoms with Crippen molar-refractivity contribution >= 4 is 5.82 Å². The molecule has 0 saturated heterocycles. The van der Waals surface area contributed by atoms with Gasteiger partial charge in [0.1, 0.15) is 5.82 Å². The van der Waals surface area contributed by atoms with Crippen LogP contribution in [0.25, 0.3) is 0 Å². The molecule has 1 aromatic rings. The van der Waals surface area contributed by atoms with Gasteiger partial charge < -0.3 is 11.1 Å². The van der Waals surface area contributed by atoms with Crippen molar-refractivity contribution in [2.45, 2.75) is 39.2 Å². The van der Waals surface area contributed by atoms with Crippen molar-refractivity contribution in [2.75, 3.05) is 11.9 Å². The Morgan fingerprint density at radius 2 is 2.07 bits per heavy atom. The van der Waals surface area contributed by atoms with Gasteiger partial charge in [0.2, 0.25) is 0 Å². The molecule has 4 heteroatoms. The highest BCUT2D eigenvalue weighted by Crippen LogP contribution is 2.10. The Bertz CT molecular complexity index is 292. The number of anilines is 1. The molecule has 0 unspecified atom stereocenters. The number of nitrogens with one attached hydrogen (secondary N) is 1. The Kier molecular flexibility index (Phi) is 4.03. The number of aromatic nitrogens is 2. The van der Waals surface area contributed by atoms with Crippen LogP contribution in [0.5, 0.6) is 0 Å². The number of rotatable bonds is 5. The van der Waals surface area contributed by atoms with Crippen LogP contribution in [-0.2, 0) is 6.42 Å². The van der Waals surface area contributed by atoms with Gasteiger partial charge in [-0.1, -0.05) is 13.3 Å². The summed E-state index contributed by atoms with van der Waals surface area (Å²) in [4.78, 5) is 0. The molecule has 1 rings (SSSR count). The number of aryl methyl sites for hydroxylation is 1. The quantitative estimate of drug-likeness (QED) is 0.771. The zero-order valence-corrected chi connectivity index (χ0v) is 9.75. The maximum atomic E-state index is 5.62. The fraction of sp³-hybridized carbons (Fsp3) is 0.636. The van der Waals surface area contributed by atoms with Gasteiger partial charge in [-0.3, -0.25) is 0 Å². The molecule has 0 radical (unpaired) electrons. The van der Waals surface area contributed by atoms with E-state index in [1.807, 2.05) is 26.0 Å². The zero-order chi connectivity index (χ0) is 11.3. The largest absolute Gasteiger partial charge is 0.362 e. The number of nitrogens with two attached hydrogens (primary N) is 1. The third-order valence-electron chi connectivity index (χ3n) is 2.20. The van der Waals surface area contributed by atoms with E-state index in [1.54, 1.807) is 0 Å². The molecule has 0 amide bonds. The van der Waals surface area contributed by atoms with Crippen LogP contribution in [0.3, 0.4) is 0 Å². The molecule has 0 bridgehead atoms. The summed E-state index contributed by atoms with van der Waals surface area (Å²) in [5.74, 6) is 0.783. The Morgan fingerprint density at radius 3 is 2.53 bits per heavy atom.